The Morgan fingerprint density at radius 1 is 1.43 bits per heavy atom. The van der Waals surface area contributed by atoms with E-state index in [9.17, 15) is 9.59 Å². The summed E-state index contributed by atoms with van der Waals surface area (Å²) in [6.45, 7) is 6.41. The molecule has 2 heterocycles. The highest BCUT2D eigenvalue weighted by atomic mass is 32.1. The van der Waals surface area contributed by atoms with Gasteiger partial charge in [-0.05, 0) is 37.8 Å². The van der Waals surface area contributed by atoms with Crippen molar-refractivity contribution in [1.82, 2.24) is 15.1 Å². The van der Waals surface area contributed by atoms with E-state index in [0.717, 1.165) is 5.56 Å². The van der Waals surface area contributed by atoms with E-state index in [4.69, 9.17) is 5.73 Å². The quantitative estimate of drug-likeness (QED) is 0.711. The zero-order valence-corrected chi connectivity index (χ0v) is 14.2. The number of carbonyl (C=O) groups is 2. The zero-order valence-electron chi connectivity index (χ0n) is 13.4. The molecule has 0 unspecified atom stereocenters. The summed E-state index contributed by atoms with van der Waals surface area (Å²) >= 11 is 1.27. The predicted octanol–water partition coefficient (Wildman–Crippen LogP) is 1.36. The Bertz CT molecular complexity index is 694. The van der Waals surface area contributed by atoms with Gasteiger partial charge >= 0.3 is 0 Å². The topological polar surface area (TPSA) is 102 Å². The number of rotatable bonds is 7. The molecule has 0 bridgehead atoms. The van der Waals surface area contributed by atoms with Crippen LogP contribution in [0.2, 0.25) is 0 Å². The Morgan fingerprint density at radius 2 is 2.17 bits per heavy atom. The van der Waals surface area contributed by atoms with Crippen LogP contribution in [0.5, 0.6) is 0 Å². The second-order valence-electron chi connectivity index (χ2n) is 5.55. The van der Waals surface area contributed by atoms with Gasteiger partial charge < -0.3 is 16.4 Å². The minimum atomic E-state index is -0.551. The number of anilines is 1. The van der Waals surface area contributed by atoms with Crippen LogP contribution in [0.15, 0.2) is 23.8 Å². The Kier molecular flexibility index (Phi) is 5.51. The largest absolute Gasteiger partial charge is 0.366 e. The van der Waals surface area contributed by atoms with E-state index < -0.39 is 11.9 Å². The van der Waals surface area contributed by atoms with Crippen molar-refractivity contribution in [3.63, 3.8) is 0 Å². The monoisotopic (exact) mass is 335 g/mol. The molecule has 0 aliphatic rings. The fourth-order valence-electron chi connectivity index (χ4n) is 2.22. The summed E-state index contributed by atoms with van der Waals surface area (Å²) in [6, 6.07) is 1.25. The molecular formula is C15H21N5O2S. The van der Waals surface area contributed by atoms with E-state index in [1.54, 1.807) is 24.6 Å². The van der Waals surface area contributed by atoms with Crippen molar-refractivity contribution in [2.45, 2.75) is 39.4 Å². The van der Waals surface area contributed by atoms with Crippen LogP contribution in [0.3, 0.4) is 0 Å². The molecule has 2 atom stereocenters. The normalized spacial score (nSPS) is 13.5. The molecule has 4 N–H and O–H groups in total. The summed E-state index contributed by atoms with van der Waals surface area (Å²) in [5, 5.41) is 12.4. The second kappa shape index (κ2) is 7.38. The molecule has 124 valence electrons. The number of nitrogens with one attached hydrogen (secondary N) is 2. The van der Waals surface area contributed by atoms with Crippen LogP contribution in [-0.4, -0.2) is 33.7 Å². The van der Waals surface area contributed by atoms with Gasteiger partial charge in [0.25, 0.3) is 5.91 Å². The molecule has 0 aliphatic carbocycles. The SMILES string of the molecule is Cc1cnn(C[C@H](C)N[C@H](C)C(=O)Nc2sccc2C(N)=O)c1. The molecule has 2 aromatic heterocycles. The molecule has 0 saturated carbocycles. The number of hydrogen-bond acceptors (Lipinski definition) is 5. The van der Waals surface area contributed by atoms with E-state index in [1.807, 2.05) is 24.7 Å². The first-order valence-electron chi connectivity index (χ1n) is 7.30. The number of amides is 2. The first-order chi connectivity index (χ1) is 10.9. The fourth-order valence-corrected chi connectivity index (χ4v) is 3.02. The van der Waals surface area contributed by atoms with Gasteiger partial charge in [-0.25, -0.2) is 0 Å². The molecule has 8 heteroatoms. The van der Waals surface area contributed by atoms with Gasteiger partial charge in [0.2, 0.25) is 5.91 Å². The number of thiophene rings is 1. The van der Waals surface area contributed by atoms with Crippen molar-refractivity contribution in [3.8, 4) is 0 Å². The lowest BCUT2D eigenvalue weighted by Gasteiger charge is -2.19. The summed E-state index contributed by atoms with van der Waals surface area (Å²) in [5.74, 6) is -0.761. The summed E-state index contributed by atoms with van der Waals surface area (Å²) in [5.41, 5.74) is 6.70. The zero-order chi connectivity index (χ0) is 17.0. The molecule has 0 fully saturated rings. The Hall–Kier alpha value is -2.19. The van der Waals surface area contributed by atoms with Gasteiger partial charge in [0.15, 0.2) is 0 Å². The van der Waals surface area contributed by atoms with Gasteiger partial charge in [0.1, 0.15) is 5.00 Å². The third kappa shape index (κ3) is 4.64. The van der Waals surface area contributed by atoms with E-state index in [2.05, 4.69) is 15.7 Å². The summed E-state index contributed by atoms with van der Waals surface area (Å²) in [6.07, 6.45) is 3.75. The maximum absolute atomic E-state index is 12.2. The van der Waals surface area contributed by atoms with Gasteiger partial charge in [0, 0.05) is 12.2 Å². The van der Waals surface area contributed by atoms with Crippen molar-refractivity contribution in [3.05, 3.63) is 35.0 Å². The minimum Gasteiger partial charge on any atom is -0.366 e. The smallest absolute Gasteiger partial charge is 0.251 e. The van der Waals surface area contributed by atoms with Gasteiger partial charge in [-0.1, -0.05) is 0 Å². The van der Waals surface area contributed by atoms with Crippen molar-refractivity contribution >= 4 is 28.2 Å². The number of nitrogens with zero attached hydrogens (tertiary/aromatic N) is 2. The third-order valence-electron chi connectivity index (χ3n) is 3.32. The molecule has 0 saturated heterocycles. The third-order valence-corrected chi connectivity index (χ3v) is 4.15. The van der Waals surface area contributed by atoms with Gasteiger partial charge in [-0.3, -0.25) is 14.3 Å². The average molecular weight is 335 g/mol. The van der Waals surface area contributed by atoms with E-state index >= 15 is 0 Å². The highest BCUT2D eigenvalue weighted by molar-refractivity contribution is 7.14. The van der Waals surface area contributed by atoms with Crippen LogP contribution in [0.25, 0.3) is 0 Å². The molecule has 23 heavy (non-hydrogen) atoms. The highest BCUT2D eigenvalue weighted by Crippen LogP contribution is 2.22. The number of nitrogens with two attached hydrogens (primary N) is 1. The number of aromatic nitrogens is 2. The fraction of sp³-hybridized carbons (Fsp3) is 0.400. The molecule has 7 nitrogen and oxygen atoms in total. The lowest BCUT2D eigenvalue weighted by atomic mass is 10.2. The van der Waals surface area contributed by atoms with Crippen molar-refractivity contribution in [1.29, 1.82) is 0 Å². The molecule has 2 aromatic rings. The standard InChI is InChI=1S/C15H21N5O2S/c1-9-6-17-20(7-9)8-10(2)18-11(3)14(22)19-15-12(13(16)21)4-5-23-15/h4-7,10-11,18H,8H2,1-3H3,(H2,16,21)(H,19,22)/t10-,11+/m0/s1. The van der Waals surface area contributed by atoms with Crippen LogP contribution in [0.4, 0.5) is 5.00 Å². The van der Waals surface area contributed by atoms with Gasteiger partial charge in [-0.2, -0.15) is 5.10 Å². The molecule has 0 aliphatic heterocycles. The predicted molar refractivity (Wildman–Crippen MR) is 90.5 cm³/mol. The molecule has 2 amide bonds. The Balaban J connectivity index is 1.89. The maximum atomic E-state index is 12.2. The molecule has 0 radical (unpaired) electrons. The number of hydrogen-bond donors (Lipinski definition) is 3. The van der Waals surface area contributed by atoms with Crippen LogP contribution in [0, 0.1) is 6.92 Å². The van der Waals surface area contributed by atoms with Gasteiger partial charge in [-0.15, -0.1) is 11.3 Å². The van der Waals surface area contributed by atoms with Crippen LogP contribution in [0.1, 0.15) is 29.8 Å². The summed E-state index contributed by atoms with van der Waals surface area (Å²) in [7, 11) is 0. The van der Waals surface area contributed by atoms with E-state index in [0.29, 0.717) is 17.1 Å². The number of aryl methyl sites for hydroxylation is 1. The second-order valence-corrected chi connectivity index (χ2v) is 6.46. The van der Waals surface area contributed by atoms with E-state index in [1.165, 1.54) is 11.3 Å². The Morgan fingerprint density at radius 3 is 2.78 bits per heavy atom. The van der Waals surface area contributed by atoms with Crippen LogP contribution < -0.4 is 16.4 Å². The van der Waals surface area contributed by atoms with Crippen LogP contribution in [-0.2, 0) is 11.3 Å². The molecular weight excluding hydrogens is 314 g/mol. The number of primary amides is 1. The highest BCUT2D eigenvalue weighted by Gasteiger charge is 2.19. The minimum absolute atomic E-state index is 0.0639. The first-order valence-corrected chi connectivity index (χ1v) is 8.18. The van der Waals surface area contributed by atoms with E-state index in [-0.39, 0.29) is 11.9 Å². The number of carbonyl (C=O) groups excluding carboxylic acids is 2. The van der Waals surface area contributed by atoms with Crippen molar-refractivity contribution < 1.29 is 9.59 Å². The first kappa shape index (κ1) is 17.2. The lowest BCUT2D eigenvalue weighted by Crippen LogP contribution is -2.44. The molecule has 0 spiro atoms. The lowest BCUT2D eigenvalue weighted by molar-refractivity contribution is -0.117. The summed E-state index contributed by atoms with van der Waals surface area (Å²) in [4.78, 5) is 23.5. The average Bonchev–Trinajstić information content (AvgIpc) is 3.07. The summed E-state index contributed by atoms with van der Waals surface area (Å²) < 4.78 is 1.84. The maximum Gasteiger partial charge on any atom is 0.251 e. The molecule has 0 aromatic carbocycles. The van der Waals surface area contributed by atoms with Crippen molar-refractivity contribution in [2.75, 3.05) is 5.32 Å². The van der Waals surface area contributed by atoms with Crippen molar-refractivity contribution in [2.24, 2.45) is 5.73 Å². The molecule has 2 rings (SSSR count). The Labute approximate surface area is 138 Å². The van der Waals surface area contributed by atoms with Gasteiger partial charge in [0.05, 0.1) is 24.3 Å². The van der Waals surface area contributed by atoms with Crippen LogP contribution >= 0.6 is 11.3 Å².